The number of hydrogen-bond acceptors (Lipinski definition) is 5. The van der Waals surface area contributed by atoms with Gasteiger partial charge in [-0.15, -0.1) is 0 Å². The number of nitriles is 1. The van der Waals surface area contributed by atoms with Crippen molar-refractivity contribution in [3.05, 3.63) is 30.3 Å². The van der Waals surface area contributed by atoms with Gasteiger partial charge in [0.15, 0.2) is 5.92 Å². The lowest BCUT2D eigenvalue weighted by atomic mass is 9.70. The van der Waals surface area contributed by atoms with Gasteiger partial charge in [-0.25, -0.2) is 4.99 Å². The third-order valence-corrected chi connectivity index (χ3v) is 6.33. The Morgan fingerprint density at radius 3 is 2.37 bits per heavy atom. The van der Waals surface area contributed by atoms with Gasteiger partial charge >= 0.3 is 0 Å². The largest absolute Gasteiger partial charge is 0.368 e. The first kappa shape index (κ1) is 17.8. The zero-order valence-electron chi connectivity index (χ0n) is 15.9. The smallest absolute Gasteiger partial charge is 0.246 e. The maximum atomic E-state index is 12.7. The number of benzene rings is 1. The van der Waals surface area contributed by atoms with Crippen LogP contribution < -0.4 is 10.2 Å². The van der Waals surface area contributed by atoms with Gasteiger partial charge < -0.3 is 9.80 Å². The van der Waals surface area contributed by atoms with Gasteiger partial charge in [0.25, 0.3) is 0 Å². The number of guanidine groups is 1. The summed E-state index contributed by atoms with van der Waals surface area (Å²) < 4.78 is 0. The molecule has 1 saturated carbocycles. The van der Waals surface area contributed by atoms with Crippen LogP contribution in [0.3, 0.4) is 0 Å². The highest BCUT2D eigenvalue weighted by Gasteiger charge is 2.49. The SMILES string of the molecule is CC1CCC2(CC1)N=C(N1CCN(c3ccccc3)CC1)NC(=O)[C@@H]2C#N. The first-order valence-corrected chi connectivity index (χ1v) is 9.96. The average molecular weight is 365 g/mol. The molecule has 1 atom stereocenters. The molecular formula is C21H27N5O. The van der Waals surface area contributed by atoms with Crippen LogP contribution in [0.15, 0.2) is 35.3 Å². The molecule has 0 unspecified atom stereocenters. The number of piperazine rings is 1. The Labute approximate surface area is 160 Å². The zero-order valence-corrected chi connectivity index (χ0v) is 15.9. The summed E-state index contributed by atoms with van der Waals surface area (Å²) in [6.45, 7) is 5.66. The molecule has 0 bridgehead atoms. The van der Waals surface area contributed by atoms with Crippen LogP contribution >= 0.6 is 0 Å². The Kier molecular flexibility index (Phi) is 4.77. The van der Waals surface area contributed by atoms with Crippen molar-refractivity contribution < 1.29 is 4.79 Å². The Morgan fingerprint density at radius 2 is 1.74 bits per heavy atom. The molecule has 142 valence electrons. The van der Waals surface area contributed by atoms with Gasteiger partial charge in [-0.3, -0.25) is 10.1 Å². The summed E-state index contributed by atoms with van der Waals surface area (Å²) >= 11 is 0. The third-order valence-electron chi connectivity index (χ3n) is 6.33. The highest BCUT2D eigenvalue weighted by molar-refractivity contribution is 6.02. The lowest BCUT2D eigenvalue weighted by molar-refractivity contribution is -0.125. The molecular weight excluding hydrogens is 338 g/mol. The number of para-hydroxylation sites is 1. The van der Waals surface area contributed by atoms with E-state index in [-0.39, 0.29) is 5.91 Å². The summed E-state index contributed by atoms with van der Waals surface area (Å²) in [6.07, 6.45) is 3.72. The normalized spacial score (nSPS) is 31.3. The molecule has 6 heteroatoms. The van der Waals surface area contributed by atoms with E-state index in [0.29, 0.717) is 11.9 Å². The van der Waals surface area contributed by atoms with Crippen molar-refractivity contribution in [1.82, 2.24) is 10.2 Å². The highest BCUT2D eigenvalue weighted by Crippen LogP contribution is 2.41. The van der Waals surface area contributed by atoms with Crippen molar-refractivity contribution in [1.29, 1.82) is 5.26 Å². The van der Waals surface area contributed by atoms with Crippen LogP contribution in [0.25, 0.3) is 0 Å². The Balaban J connectivity index is 1.51. The van der Waals surface area contributed by atoms with E-state index in [1.54, 1.807) is 0 Å². The Hall–Kier alpha value is -2.55. The molecule has 1 spiro atoms. The van der Waals surface area contributed by atoms with Crippen LogP contribution in [-0.4, -0.2) is 48.5 Å². The fourth-order valence-electron chi connectivity index (χ4n) is 4.54. The quantitative estimate of drug-likeness (QED) is 0.829. The predicted octanol–water partition coefficient (Wildman–Crippen LogP) is 2.38. The van der Waals surface area contributed by atoms with Crippen LogP contribution in [-0.2, 0) is 4.79 Å². The number of rotatable bonds is 1. The fraction of sp³-hybridized carbons (Fsp3) is 0.571. The second-order valence-electron chi connectivity index (χ2n) is 8.08. The zero-order chi connectivity index (χ0) is 18.9. The molecule has 4 rings (SSSR count). The van der Waals surface area contributed by atoms with Gasteiger partial charge in [-0.05, 0) is 43.7 Å². The number of amides is 1. The highest BCUT2D eigenvalue weighted by atomic mass is 16.2. The molecule has 0 radical (unpaired) electrons. The summed E-state index contributed by atoms with van der Waals surface area (Å²) in [5.74, 6) is 0.476. The minimum absolute atomic E-state index is 0.178. The van der Waals surface area contributed by atoms with Crippen molar-refractivity contribution in [2.24, 2.45) is 16.8 Å². The lowest BCUT2D eigenvalue weighted by Crippen LogP contribution is -2.60. The van der Waals surface area contributed by atoms with E-state index in [1.807, 2.05) is 6.07 Å². The topological polar surface area (TPSA) is 71.7 Å². The molecule has 1 aromatic rings. The number of aliphatic imine (C=N–C) groups is 1. The van der Waals surface area contributed by atoms with Crippen molar-refractivity contribution in [3.63, 3.8) is 0 Å². The molecule has 27 heavy (non-hydrogen) atoms. The maximum absolute atomic E-state index is 12.7. The Bertz CT molecular complexity index is 753. The standard InChI is InChI=1S/C21H27N5O/c1-16-7-9-21(10-8-16)18(15-22)19(27)23-20(24-21)26-13-11-25(12-14-26)17-5-3-2-4-6-17/h2-6,16,18H,7-14H2,1H3,(H,23,24,27)/t16?,18-,21?/m0/s1. The van der Waals surface area contributed by atoms with Crippen LogP contribution in [0.4, 0.5) is 5.69 Å². The molecule has 3 aliphatic rings. The van der Waals surface area contributed by atoms with E-state index < -0.39 is 11.5 Å². The molecule has 1 saturated heterocycles. The molecule has 1 aliphatic carbocycles. The predicted molar refractivity (Wildman–Crippen MR) is 105 cm³/mol. The summed E-state index contributed by atoms with van der Waals surface area (Å²) in [6, 6.07) is 12.6. The van der Waals surface area contributed by atoms with Gasteiger partial charge in [0.2, 0.25) is 11.9 Å². The van der Waals surface area contributed by atoms with Crippen molar-refractivity contribution in [2.45, 2.75) is 38.1 Å². The molecule has 1 aromatic carbocycles. The van der Waals surface area contributed by atoms with Crippen molar-refractivity contribution in [2.75, 3.05) is 31.1 Å². The monoisotopic (exact) mass is 365 g/mol. The van der Waals surface area contributed by atoms with E-state index in [4.69, 9.17) is 4.99 Å². The van der Waals surface area contributed by atoms with Crippen LogP contribution in [0.5, 0.6) is 0 Å². The first-order chi connectivity index (χ1) is 13.1. The Morgan fingerprint density at radius 1 is 1.11 bits per heavy atom. The molecule has 2 heterocycles. The molecule has 1 amide bonds. The van der Waals surface area contributed by atoms with Crippen LogP contribution in [0.1, 0.15) is 32.6 Å². The van der Waals surface area contributed by atoms with E-state index in [2.05, 4.69) is 52.4 Å². The molecule has 2 fully saturated rings. The maximum Gasteiger partial charge on any atom is 0.246 e. The summed E-state index contributed by atoms with van der Waals surface area (Å²) in [7, 11) is 0. The minimum atomic E-state index is -0.667. The number of hydrogen-bond donors (Lipinski definition) is 1. The second-order valence-corrected chi connectivity index (χ2v) is 8.08. The van der Waals surface area contributed by atoms with Crippen molar-refractivity contribution in [3.8, 4) is 6.07 Å². The summed E-state index contributed by atoms with van der Waals surface area (Å²) in [5, 5.41) is 12.5. The molecule has 6 nitrogen and oxygen atoms in total. The summed E-state index contributed by atoms with van der Waals surface area (Å²) in [5.41, 5.74) is 0.698. The fourth-order valence-corrected chi connectivity index (χ4v) is 4.54. The number of nitrogens with zero attached hydrogens (tertiary/aromatic N) is 4. The van der Waals surface area contributed by atoms with E-state index >= 15 is 0 Å². The minimum Gasteiger partial charge on any atom is -0.368 e. The molecule has 1 N–H and O–H groups in total. The number of nitrogens with one attached hydrogen (secondary N) is 1. The van der Waals surface area contributed by atoms with Crippen LogP contribution in [0.2, 0.25) is 0 Å². The van der Waals surface area contributed by atoms with Gasteiger partial charge in [0.1, 0.15) is 0 Å². The lowest BCUT2D eigenvalue weighted by Gasteiger charge is -2.44. The number of anilines is 1. The van der Waals surface area contributed by atoms with Crippen molar-refractivity contribution >= 4 is 17.6 Å². The van der Waals surface area contributed by atoms with Gasteiger partial charge in [0, 0.05) is 31.9 Å². The number of carbonyl (C=O) groups excluding carboxylic acids is 1. The molecule has 0 aromatic heterocycles. The summed E-state index contributed by atoms with van der Waals surface area (Å²) in [4.78, 5) is 22.2. The number of carbonyl (C=O) groups is 1. The van der Waals surface area contributed by atoms with E-state index in [0.717, 1.165) is 51.9 Å². The van der Waals surface area contributed by atoms with Crippen LogP contribution in [0, 0.1) is 23.2 Å². The average Bonchev–Trinajstić information content (AvgIpc) is 2.71. The van der Waals surface area contributed by atoms with E-state index in [9.17, 15) is 10.1 Å². The van der Waals surface area contributed by atoms with Gasteiger partial charge in [0.05, 0.1) is 11.6 Å². The van der Waals surface area contributed by atoms with Gasteiger partial charge in [-0.2, -0.15) is 5.26 Å². The second kappa shape index (κ2) is 7.22. The third kappa shape index (κ3) is 3.39. The molecule has 2 aliphatic heterocycles. The van der Waals surface area contributed by atoms with E-state index in [1.165, 1.54) is 5.69 Å². The first-order valence-electron chi connectivity index (χ1n) is 9.96. The van der Waals surface area contributed by atoms with Gasteiger partial charge in [-0.1, -0.05) is 25.1 Å².